The highest BCUT2D eigenvalue weighted by molar-refractivity contribution is 5.79. The molecule has 0 radical (unpaired) electrons. The summed E-state index contributed by atoms with van der Waals surface area (Å²) in [4.78, 5) is 25.7. The summed E-state index contributed by atoms with van der Waals surface area (Å²) in [6.07, 6.45) is 0.229. The fraction of sp³-hybridized carbons (Fsp3) is 0.500. The van der Waals surface area contributed by atoms with Crippen molar-refractivity contribution in [3.05, 3.63) is 46.6 Å². The second-order valence-electron chi connectivity index (χ2n) is 7.46. The molecule has 2 aromatic rings. The molecular formula is C22H30N4O3. The molecule has 7 nitrogen and oxygen atoms in total. The van der Waals surface area contributed by atoms with Crippen LogP contribution in [-0.2, 0) is 11.2 Å². The lowest BCUT2D eigenvalue weighted by molar-refractivity contribution is -0.132. The van der Waals surface area contributed by atoms with Crippen molar-refractivity contribution < 1.29 is 14.3 Å². The Bertz CT molecular complexity index is 846. The van der Waals surface area contributed by atoms with E-state index < -0.39 is 0 Å². The van der Waals surface area contributed by atoms with Gasteiger partial charge in [-0.2, -0.15) is 4.98 Å². The third-order valence-corrected chi connectivity index (χ3v) is 5.63. The maximum atomic E-state index is 12.9. The largest absolute Gasteiger partial charge is 0.481 e. The van der Waals surface area contributed by atoms with E-state index in [0.717, 1.165) is 13.1 Å². The van der Waals surface area contributed by atoms with Crippen LogP contribution in [0.25, 0.3) is 0 Å². The van der Waals surface area contributed by atoms with E-state index in [4.69, 9.17) is 9.47 Å². The minimum Gasteiger partial charge on any atom is -0.481 e. The predicted octanol–water partition coefficient (Wildman–Crippen LogP) is 2.56. The van der Waals surface area contributed by atoms with Gasteiger partial charge in [-0.05, 0) is 26.3 Å². The standard InChI is InChI=1S/C22H30N4O3/c1-15-6-8-18(9-7-15)17(3)25-10-12-26(13-11-25)20(27)14-19-16(2)23-22(29-5)24-21(19)28-4/h6-9,17H,10-14H2,1-5H3. The van der Waals surface area contributed by atoms with Gasteiger partial charge in [0.15, 0.2) is 0 Å². The van der Waals surface area contributed by atoms with Gasteiger partial charge in [-0.1, -0.05) is 29.8 Å². The molecule has 1 atom stereocenters. The molecule has 2 heterocycles. The van der Waals surface area contributed by atoms with E-state index in [1.54, 1.807) is 7.11 Å². The number of amides is 1. The first-order valence-electron chi connectivity index (χ1n) is 9.96. The number of nitrogens with zero attached hydrogens (tertiary/aromatic N) is 4. The van der Waals surface area contributed by atoms with Crippen molar-refractivity contribution in [2.24, 2.45) is 0 Å². The number of carbonyl (C=O) groups is 1. The summed E-state index contributed by atoms with van der Waals surface area (Å²) in [5.74, 6) is 0.470. The van der Waals surface area contributed by atoms with Crippen LogP contribution in [0.5, 0.6) is 11.9 Å². The summed E-state index contributed by atoms with van der Waals surface area (Å²) >= 11 is 0. The van der Waals surface area contributed by atoms with E-state index in [2.05, 4.69) is 53.0 Å². The Labute approximate surface area is 172 Å². The molecule has 29 heavy (non-hydrogen) atoms. The first-order valence-corrected chi connectivity index (χ1v) is 9.96. The average Bonchev–Trinajstić information content (AvgIpc) is 2.75. The van der Waals surface area contributed by atoms with Crippen LogP contribution >= 0.6 is 0 Å². The molecule has 0 saturated carbocycles. The van der Waals surface area contributed by atoms with Crippen LogP contribution in [0.3, 0.4) is 0 Å². The van der Waals surface area contributed by atoms with E-state index in [-0.39, 0.29) is 18.3 Å². The highest BCUT2D eigenvalue weighted by Crippen LogP contribution is 2.24. The smallest absolute Gasteiger partial charge is 0.319 e. The lowest BCUT2D eigenvalue weighted by Crippen LogP contribution is -2.49. The minimum atomic E-state index is 0.0720. The average molecular weight is 399 g/mol. The van der Waals surface area contributed by atoms with Gasteiger partial charge in [0.05, 0.1) is 26.3 Å². The van der Waals surface area contributed by atoms with Crippen LogP contribution in [0.1, 0.15) is 35.3 Å². The molecule has 0 aliphatic carbocycles. The van der Waals surface area contributed by atoms with Crippen molar-refractivity contribution in [2.75, 3.05) is 40.4 Å². The molecule has 1 amide bonds. The van der Waals surface area contributed by atoms with Gasteiger partial charge in [0.2, 0.25) is 11.8 Å². The van der Waals surface area contributed by atoms with Crippen molar-refractivity contribution in [1.82, 2.24) is 19.8 Å². The number of ether oxygens (including phenoxy) is 2. The molecule has 1 fully saturated rings. The number of hydrogen-bond acceptors (Lipinski definition) is 6. The molecule has 3 rings (SSSR count). The highest BCUT2D eigenvalue weighted by Gasteiger charge is 2.26. The van der Waals surface area contributed by atoms with Gasteiger partial charge in [0.25, 0.3) is 0 Å². The van der Waals surface area contributed by atoms with E-state index >= 15 is 0 Å². The zero-order valence-corrected chi connectivity index (χ0v) is 17.9. The van der Waals surface area contributed by atoms with Crippen LogP contribution in [0.2, 0.25) is 0 Å². The number of piperazine rings is 1. The Balaban J connectivity index is 1.61. The van der Waals surface area contributed by atoms with Gasteiger partial charge in [-0.15, -0.1) is 0 Å². The van der Waals surface area contributed by atoms with E-state index in [9.17, 15) is 4.79 Å². The van der Waals surface area contributed by atoms with E-state index in [1.807, 2.05) is 11.8 Å². The van der Waals surface area contributed by atoms with Crippen molar-refractivity contribution in [2.45, 2.75) is 33.2 Å². The molecular weight excluding hydrogens is 368 g/mol. The van der Waals surface area contributed by atoms with Gasteiger partial charge >= 0.3 is 6.01 Å². The molecule has 0 bridgehead atoms. The summed E-state index contributed by atoms with van der Waals surface area (Å²) < 4.78 is 10.4. The van der Waals surface area contributed by atoms with Crippen LogP contribution in [0.15, 0.2) is 24.3 Å². The lowest BCUT2D eigenvalue weighted by atomic mass is 10.0. The van der Waals surface area contributed by atoms with Crippen molar-refractivity contribution in [3.63, 3.8) is 0 Å². The van der Waals surface area contributed by atoms with E-state index in [1.165, 1.54) is 18.2 Å². The van der Waals surface area contributed by atoms with Gasteiger partial charge in [-0.3, -0.25) is 9.69 Å². The minimum absolute atomic E-state index is 0.0720. The van der Waals surface area contributed by atoms with E-state index in [0.29, 0.717) is 36.3 Å². The number of benzene rings is 1. The molecule has 1 aromatic carbocycles. The number of hydrogen-bond donors (Lipinski definition) is 0. The first kappa shape index (κ1) is 21.0. The normalized spacial score (nSPS) is 15.8. The summed E-state index contributed by atoms with van der Waals surface area (Å²) in [5.41, 5.74) is 4.00. The summed E-state index contributed by atoms with van der Waals surface area (Å²) in [7, 11) is 3.05. The van der Waals surface area contributed by atoms with Crippen LogP contribution in [0, 0.1) is 13.8 Å². The molecule has 1 saturated heterocycles. The molecule has 0 N–H and O–H groups in total. The van der Waals surface area contributed by atoms with Gasteiger partial charge in [0, 0.05) is 37.8 Å². The zero-order chi connectivity index (χ0) is 21.0. The fourth-order valence-corrected chi connectivity index (χ4v) is 3.69. The molecule has 1 aliphatic heterocycles. The quantitative estimate of drug-likeness (QED) is 0.745. The van der Waals surface area contributed by atoms with Crippen LogP contribution in [-0.4, -0.2) is 66.1 Å². The molecule has 156 valence electrons. The maximum absolute atomic E-state index is 12.9. The molecule has 1 unspecified atom stereocenters. The Morgan fingerprint density at radius 2 is 1.69 bits per heavy atom. The molecule has 1 aliphatic rings. The molecule has 0 spiro atoms. The number of carbonyl (C=O) groups excluding carboxylic acids is 1. The zero-order valence-electron chi connectivity index (χ0n) is 17.9. The van der Waals surface area contributed by atoms with Crippen molar-refractivity contribution >= 4 is 5.91 Å². The maximum Gasteiger partial charge on any atom is 0.319 e. The molecule has 7 heteroatoms. The summed E-state index contributed by atoms with van der Waals surface area (Å²) in [6, 6.07) is 9.27. The number of aromatic nitrogens is 2. The topological polar surface area (TPSA) is 67.8 Å². The van der Waals surface area contributed by atoms with Gasteiger partial charge in [-0.25, -0.2) is 4.98 Å². The van der Waals surface area contributed by atoms with Gasteiger partial charge in [0.1, 0.15) is 0 Å². The third-order valence-electron chi connectivity index (χ3n) is 5.63. The Morgan fingerprint density at radius 3 is 2.28 bits per heavy atom. The third kappa shape index (κ3) is 4.85. The SMILES string of the molecule is COc1nc(C)c(CC(=O)N2CCN(C(C)c3ccc(C)cc3)CC2)c(OC)n1. The predicted molar refractivity (Wildman–Crippen MR) is 111 cm³/mol. The fourth-order valence-electron chi connectivity index (χ4n) is 3.69. The van der Waals surface area contributed by atoms with Crippen molar-refractivity contribution in [3.8, 4) is 11.9 Å². The number of aryl methyl sites for hydroxylation is 2. The second kappa shape index (κ2) is 9.22. The van der Waals surface area contributed by atoms with Crippen LogP contribution in [0.4, 0.5) is 0 Å². The highest BCUT2D eigenvalue weighted by atomic mass is 16.5. The van der Waals surface area contributed by atoms with Gasteiger partial charge < -0.3 is 14.4 Å². The lowest BCUT2D eigenvalue weighted by Gasteiger charge is -2.38. The Kier molecular flexibility index (Phi) is 6.69. The first-order chi connectivity index (χ1) is 13.9. The summed E-state index contributed by atoms with van der Waals surface area (Å²) in [5, 5.41) is 0. The number of methoxy groups -OCH3 is 2. The Hall–Kier alpha value is -2.67. The number of rotatable bonds is 6. The van der Waals surface area contributed by atoms with Crippen molar-refractivity contribution in [1.29, 1.82) is 0 Å². The Morgan fingerprint density at radius 1 is 1.03 bits per heavy atom. The van der Waals surface area contributed by atoms with Crippen LogP contribution < -0.4 is 9.47 Å². The molecule has 1 aromatic heterocycles. The second-order valence-corrected chi connectivity index (χ2v) is 7.46. The monoisotopic (exact) mass is 398 g/mol. The summed E-state index contributed by atoms with van der Waals surface area (Å²) in [6.45, 7) is 9.32.